The molecule has 0 amide bonds. The van der Waals surface area contributed by atoms with Crippen LogP contribution in [0.15, 0.2) is 53.6 Å². The average Bonchev–Trinajstić information content (AvgIpc) is 3.08. The van der Waals surface area contributed by atoms with E-state index in [1.54, 1.807) is 62.6 Å². The van der Waals surface area contributed by atoms with Gasteiger partial charge in [-0.2, -0.15) is 0 Å². The summed E-state index contributed by atoms with van der Waals surface area (Å²) >= 11 is 5.85. The number of rotatable bonds is 8. The van der Waals surface area contributed by atoms with Crippen molar-refractivity contribution < 1.29 is 28.9 Å². The first kappa shape index (κ1) is 22.0. The van der Waals surface area contributed by atoms with Gasteiger partial charge in [-0.3, -0.25) is 4.79 Å². The summed E-state index contributed by atoms with van der Waals surface area (Å²) in [7, 11) is 1.55. The Morgan fingerprint density at radius 3 is 2.48 bits per heavy atom. The predicted molar refractivity (Wildman–Crippen MR) is 110 cm³/mol. The van der Waals surface area contributed by atoms with Crippen LogP contribution in [0.2, 0.25) is 5.02 Å². The number of benzene rings is 2. The lowest BCUT2D eigenvalue weighted by molar-refractivity contribution is -0.745. The molecule has 0 fully saturated rings. The quantitative estimate of drug-likeness (QED) is 0.228. The number of nitrogens with zero attached hydrogens (tertiary/aromatic N) is 4. The van der Waals surface area contributed by atoms with Gasteiger partial charge in [-0.1, -0.05) is 16.7 Å². The van der Waals surface area contributed by atoms with Crippen LogP contribution in [-0.4, -0.2) is 41.7 Å². The SMILES string of the molecule is CCOC(=O)c1c([O-])n(/N=C/c2ccc(OC)cc2)n[n+]1CC(=O)c1ccc(Cl)cc1. The van der Waals surface area contributed by atoms with E-state index in [-0.39, 0.29) is 18.9 Å². The molecule has 160 valence electrons. The molecule has 3 rings (SSSR count). The number of ether oxygens (including phenoxy) is 2. The van der Waals surface area contributed by atoms with E-state index in [1.165, 1.54) is 6.21 Å². The Balaban J connectivity index is 1.91. The second-order valence-electron chi connectivity index (χ2n) is 6.26. The van der Waals surface area contributed by atoms with Crippen molar-refractivity contribution in [3.8, 4) is 11.6 Å². The van der Waals surface area contributed by atoms with E-state index in [4.69, 9.17) is 21.1 Å². The summed E-state index contributed by atoms with van der Waals surface area (Å²) in [5.74, 6) is -1.38. The number of hydrogen-bond acceptors (Lipinski definition) is 7. The number of aromatic nitrogens is 3. The number of carbonyl (C=O) groups excluding carboxylic acids is 2. The van der Waals surface area contributed by atoms with E-state index in [2.05, 4.69) is 10.3 Å². The molecule has 1 heterocycles. The van der Waals surface area contributed by atoms with Gasteiger partial charge in [-0.25, -0.2) is 4.79 Å². The molecular weight excluding hydrogens is 424 g/mol. The van der Waals surface area contributed by atoms with E-state index in [0.717, 1.165) is 9.47 Å². The molecule has 0 saturated carbocycles. The highest BCUT2D eigenvalue weighted by molar-refractivity contribution is 6.30. The number of methoxy groups -OCH3 is 1. The molecule has 0 bridgehead atoms. The van der Waals surface area contributed by atoms with Gasteiger partial charge in [0.1, 0.15) is 11.0 Å². The molecule has 0 saturated heterocycles. The van der Waals surface area contributed by atoms with E-state index in [9.17, 15) is 14.7 Å². The summed E-state index contributed by atoms with van der Waals surface area (Å²) in [4.78, 5) is 25.7. The van der Waals surface area contributed by atoms with Crippen molar-refractivity contribution in [2.45, 2.75) is 13.5 Å². The maximum Gasteiger partial charge on any atom is 0.383 e. The first-order chi connectivity index (χ1) is 14.9. The van der Waals surface area contributed by atoms with E-state index in [0.29, 0.717) is 21.9 Å². The van der Waals surface area contributed by atoms with Crippen molar-refractivity contribution in [2.75, 3.05) is 13.7 Å². The van der Waals surface area contributed by atoms with Gasteiger partial charge in [0.15, 0.2) is 12.4 Å². The van der Waals surface area contributed by atoms with Gasteiger partial charge in [0.25, 0.3) is 5.69 Å². The molecule has 1 aromatic heterocycles. The first-order valence-electron chi connectivity index (χ1n) is 9.27. The molecular formula is C21H19ClN4O5. The molecule has 0 atom stereocenters. The van der Waals surface area contributed by atoms with Gasteiger partial charge in [-0.05, 0) is 65.8 Å². The first-order valence-corrected chi connectivity index (χ1v) is 9.65. The minimum Gasteiger partial charge on any atom is -0.836 e. The highest BCUT2D eigenvalue weighted by atomic mass is 35.5. The Morgan fingerprint density at radius 1 is 1.19 bits per heavy atom. The smallest absolute Gasteiger partial charge is 0.383 e. The van der Waals surface area contributed by atoms with Crippen LogP contribution in [0.5, 0.6) is 11.6 Å². The lowest BCUT2D eigenvalue weighted by atomic mass is 10.1. The number of halogens is 1. The third-order valence-electron chi connectivity index (χ3n) is 4.20. The van der Waals surface area contributed by atoms with Crippen LogP contribution >= 0.6 is 11.6 Å². The summed E-state index contributed by atoms with van der Waals surface area (Å²) in [5, 5.41) is 21.2. The minimum atomic E-state index is -0.887. The lowest BCUT2D eigenvalue weighted by Gasteiger charge is -2.03. The van der Waals surface area contributed by atoms with Crippen LogP contribution in [0, 0.1) is 0 Å². The number of hydrogen-bond donors (Lipinski definition) is 0. The van der Waals surface area contributed by atoms with E-state index < -0.39 is 17.5 Å². The van der Waals surface area contributed by atoms with Gasteiger partial charge in [0.2, 0.25) is 5.78 Å². The molecule has 0 aliphatic rings. The zero-order valence-electron chi connectivity index (χ0n) is 16.8. The van der Waals surface area contributed by atoms with Gasteiger partial charge in [0, 0.05) is 10.6 Å². The van der Waals surface area contributed by atoms with Crippen molar-refractivity contribution in [1.29, 1.82) is 0 Å². The van der Waals surface area contributed by atoms with Crippen molar-refractivity contribution in [3.05, 3.63) is 70.4 Å². The summed E-state index contributed by atoms with van der Waals surface area (Å²) in [6.45, 7) is 1.32. The van der Waals surface area contributed by atoms with Crippen LogP contribution in [0.25, 0.3) is 0 Å². The second-order valence-corrected chi connectivity index (χ2v) is 6.69. The molecule has 3 aromatic rings. The number of carbonyl (C=O) groups is 2. The lowest BCUT2D eigenvalue weighted by Crippen LogP contribution is -2.45. The van der Waals surface area contributed by atoms with Crippen LogP contribution in [0.4, 0.5) is 0 Å². The van der Waals surface area contributed by atoms with E-state index in [1.807, 2.05) is 0 Å². The fraction of sp³-hybridized carbons (Fsp3) is 0.190. The van der Waals surface area contributed by atoms with Gasteiger partial charge in [-0.15, -0.1) is 4.68 Å². The van der Waals surface area contributed by atoms with Crippen molar-refractivity contribution in [3.63, 3.8) is 0 Å². The normalized spacial score (nSPS) is 10.9. The maximum absolute atomic E-state index is 12.7. The molecule has 9 nitrogen and oxygen atoms in total. The highest BCUT2D eigenvalue weighted by Crippen LogP contribution is 2.14. The maximum atomic E-state index is 12.7. The molecule has 0 unspecified atom stereocenters. The Morgan fingerprint density at radius 2 is 1.87 bits per heavy atom. The Bertz CT molecular complexity index is 1110. The summed E-state index contributed by atoms with van der Waals surface area (Å²) in [5.41, 5.74) is 0.642. The molecule has 31 heavy (non-hydrogen) atoms. The Kier molecular flexibility index (Phi) is 6.99. The predicted octanol–water partition coefficient (Wildman–Crippen LogP) is 1.85. The highest BCUT2D eigenvalue weighted by Gasteiger charge is 2.29. The monoisotopic (exact) mass is 442 g/mol. The number of Topliss-reactive ketones (excluding diaryl/α,β-unsaturated/α-hetero) is 1. The van der Waals surface area contributed by atoms with Gasteiger partial charge >= 0.3 is 5.97 Å². The largest absolute Gasteiger partial charge is 0.836 e. The van der Waals surface area contributed by atoms with Gasteiger partial charge < -0.3 is 14.6 Å². The third-order valence-corrected chi connectivity index (χ3v) is 4.45. The summed E-state index contributed by atoms with van der Waals surface area (Å²) < 4.78 is 11.0. The van der Waals surface area contributed by atoms with Crippen LogP contribution in [-0.2, 0) is 11.3 Å². The molecule has 10 heteroatoms. The summed E-state index contributed by atoms with van der Waals surface area (Å²) in [6.07, 6.45) is 1.40. The third kappa shape index (κ3) is 5.26. The van der Waals surface area contributed by atoms with Crippen molar-refractivity contribution >= 4 is 29.6 Å². The second kappa shape index (κ2) is 9.86. The number of esters is 1. The van der Waals surface area contributed by atoms with E-state index >= 15 is 0 Å². The molecule has 0 spiro atoms. The fourth-order valence-corrected chi connectivity index (χ4v) is 2.77. The average molecular weight is 443 g/mol. The van der Waals surface area contributed by atoms with Crippen molar-refractivity contribution in [1.82, 2.24) is 10.0 Å². The molecule has 2 aromatic carbocycles. The minimum absolute atomic E-state index is 0.0592. The van der Waals surface area contributed by atoms with Gasteiger partial charge in [0.05, 0.1) is 19.9 Å². The standard InChI is InChI=1S/C21H19ClN4O5/c1-3-31-21(29)19-20(28)26(23-12-14-4-10-17(30-2)11-5-14)24-25(19)13-18(27)15-6-8-16(22)9-7-15/h4-12H,3,13H2,1-2H3/b23-12+. The van der Waals surface area contributed by atoms with Crippen molar-refractivity contribution in [2.24, 2.45) is 5.10 Å². The Hall–Kier alpha value is -3.72. The Labute approximate surface area is 183 Å². The fourth-order valence-electron chi connectivity index (χ4n) is 2.65. The molecule has 0 radical (unpaired) electrons. The molecule has 0 N–H and O–H groups in total. The molecule has 0 aliphatic heterocycles. The number of ketones is 1. The topological polar surface area (TPSA) is 110 Å². The van der Waals surface area contributed by atoms with Crippen LogP contribution in [0.1, 0.15) is 33.3 Å². The zero-order chi connectivity index (χ0) is 22.4. The van der Waals surface area contributed by atoms with Crippen LogP contribution in [0.3, 0.4) is 0 Å². The zero-order valence-corrected chi connectivity index (χ0v) is 17.6. The molecule has 0 aliphatic carbocycles. The summed E-state index contributed by atoms with van der Waals surface area (Å²) in [6, 6.07) is 13.2. The van der Waals surface area contributed by atoms with Crippen LogP contribution < -0.4 is 14.5 Å².